The number of halogens is 3. The molecule has 3 rings (SSSR count). The Hall–Kier alpha value is -1.95. The van der Waals surface area contributed by atoms with Gasteiger partial charge in [-0.2, -0.15) is 0 Å². The maximum Gasteiger partial charge on any atom is 0.206 e. The van der Waals surface area contributed by atoms with Crippen molar-refractivity contribution in [3.63, 3.8) is 0 Å². The van der Waals surface area contributed by atoms with Crippen molar-refractivity contribution in [1.29, 1.82) is 0 Å². The lowest BCUT2D eigenvalue weighted by molar-refractivity contribution is 0.514. The molecule has 102 valence electrons. The first kappa shape index (κ1) is 13.1. The van der Waals surface area contributed by atoms with Gasteiger partial charge in [-0.05, 0) is 42.8 Å². The van der Waals surface area contributed by atoms with Crippen LogP contribution in [-0.4, -0.2) is 9.55 Å². The average molecular weight is 338 g/mol. The Bertz CT molecular complexity index is 827. The lowest BCUT2D eigenvalue weighted by Gasteiger charge is -2.11. The van der Waals surface area contributed by atoms with E-state index < -0.39 is 11.6 Å². The molecule has 3 nitrogen and oxygen atoms in total. The van der Waals surface area contributed by atoms with Gasteiger partial charge >= 0.3 is 0 Å². The maximum absolute atomic E-state index is 14.1. The van der Waals surface area contributed by atoms with Crippen LogP contribution in [0.2, 0.25) is 0 Å². The van der Waals surface area contributed by atoms with Gasteiger partial charge in [0, 0.05) is 4.47 Å². The summed E-state index contributed by atoms with van der Waals surface area (Å²) in [7, 11) is 0. The minimum Gasteiger partial charge on any atom is -0.369 e. The molecule has 0 unspecified atom stereocenters. The van der Waals surface area contributed by atoms with Gasteiger partial charge < -0.3 is 5.73 Å². The van der Waals surface area contributed by atoms with E-state index in [9.17, 15) is 8.78 Å². The second-order valence-corrected chi connectivity index (χ2v) is 5.38. The molecule has 20 heavy (non-hydrogen) atoms. The van der Waals surface area contributed by atoms with Gasteiger partial charge in [-0.1, -0.05) is 15.9 Å². The van der Waals surface area contributed by atoms with E-state index in [0.29, 0.717) is 11.2 Å². The van der Waals surface area contributed by atoms with Crippen molar-refractivity contribution in [2.24, 2.45) is 0 Å². The van der Waals surface area contributed by atoms with Gasteiger partial charge in [-0.25, -0.2) is 13.8 Å². The first-order valence-electron chi connectivity index (χ1n) is 5.87. The number of aromatic nitrogens is 2. The summed E-state index contributed by atoms with van der Waals surface area (Å²) in [6, 6.07) is 7.92. The number of benzene rings is 2. The van der Waals surface area contributed by atoms with Crippen molar-refractivity contribution in [3.8, 4) is 5.69 Å². The minimum atomic E-state index is -0.950. The van der Waals surface area contributed by atoms with Gasteiger partial charge in [0.25, 0.3) is 0 Å². The fourth-order valence-corrected chi connectivity index (χ4v) is 2.71. The maximum atomic E-state index is 14.1. The topological polar surface area (TPSA) is 43.8 Å². The van der Waals surface area contributed by atoms with Gasteiger partial charge in [0.15, 0.2) is 11.6 Å². The Labute approximate surface area is 122 Å². The number of nitrogen functional groups attached to an aromatic ring is 1. The zero-order chi connectivity index (χ0) is 14.4. The van der Waals surface area contributed by atoms with Crippen LogP contribution in [0.5, 0.6) is 0 Å². The van der Waals surface area contributed by atoms with Crippen LogP contribution in [0.1, 0.15) is 5.56 Å². The molecule has 0 saturated carbocycles. The SMILES string of the molecule is Cc1cc(Br)ccc1-n1c(N)nc2ccc(F)c(F)c21. The highest BCUT2D eigenvalue weighted by molar-refractivity contribution is 9.10. The third kappa shape index (κ3) is 1.87. The number of aryl methyl sites for hydroxylation is 1. The molecule has 0 amide bonds. The number of imidazole rings is 1. The highest BCUT2D eigenvalue weighted by Crippen LogP contribution is 2.29. The van der Waals surface area contributed by atoms with Gasteiger partial charge in [-0.3, -0.25) is 4.57 Å². The average Bonchev–Trinajstić information content (AvgIpc) is 2.72. The first-order valence-corrected chi connectivity index (χ1v) is 6.67. The summed E-state index contributed by atoms with van der Waals surface area (Å²) < 4.78 is 29.8. The summed E-state index contributed by atoms with van der Waals surface area (Å²) in [5, 5.41) is 0. The number of nitrogens with two attached hydrogens (primary N) is 1. The number of nitrogens with zero attached hydrogens (tertiary/aromatic N) is 2. The molecular weight excluding hydrogens is 328 g/mol. The van der Waals surface area contributed by atoms with Crippen LogP contribution in [-0.2, 0) is 0 Å². The van der Waals surface area contributed by atoms with Crippen LogP contribution in [0, 0.1) is 18.6 Å². The number of fused-ring (bicyclic) bond motifs is 1. The quantitative estimate of drug-likeness (QED) is 0.730. The molecule has 0 radical (unpaired) electrons. The highest BCUT2D eigenvalue weighted by atomic mass is 79.9. The van der Waals surface area contributed by atoms with Gasteiger partial charge in [0.05, 0.1) is 11.2 Å². The van der Waals surface area contributed by atoms with E-state index in [0.717, 1.165) is 16.1 Å². The van der Waals surface area contributed by atoms with Crippen molar-refractivity contribution in [2.45, 2.75) is 6.92 Å². The van der Waals surface area contributed by atoms with Crippen LogP contribution in [0.3, 0.4) is 0 Å². The molecule has 0 aliphatic heterocycles. The van der Waals surface area contributed by atoms with Crippen molar-refractivity contribution in [2.75, 3.05) is 5.73 Å². The number of rotatable bonds is 1. The third-order valence-corrected chi connectivity index (χ3v) is 3.63. The number of anilines is 1. The molecule has 0 spiro atoms. The fraction of sp³-hybridized carbons (Fsp3) is 0.0714. The molecule has 3 aromatic rings. The monoisotopic (exact) mass is 337 g/mol. The molecule has 0 fully saturated rings. The molecular formula is C14H10BrF2N3. The molecule has 0 bridgehead atoms. The Morgan fingerprint density at radius 1 is 1.20 bits per heavy atom. The van der Waals surface area contributed by atoms with E-state index in [1.54, 1.807) is 6.07 Å². The number of hydrogen-bond donors (Lipinski definition) is 1. The molecule has 0 saturated heterocycles. The lowest BCUT2D eigenvalue weighted by Crippen LogP contribution is -2.04. The van der Waals surface area contributed by atoms with E-state index in [1.165, 1.54) is 10.6 Å². The molecule has 2 N–H and O–H groups in total. The molecule has 1 heterocycles. The molecule has 0 aliphatic carbocycles. The van der Waals surface area contributed by atoms with Crippen LogP contribution in [0.15, 0.2) is 34.8 Å². The molecule has 0 aliphatic rings. The molecule has 2 aromatic carbocycles. The van der Waals surface area contributed by atoms with E-state index in [4.69, 9.17) is 5.73 Å². The molecule has 6 heteroatoms. The fourth-order valence-electron chi connectivity index (χ4n) is 2.23. The smallest absolute Gasteiger partial charge is 0.206 e. The summed E-state index contributed by atoms with van der Waals surface area (Å²) in [6.45, 7) is 1.86. The molecule has 1 aromatic heterocycles. The Morgan fingerprint density at radius 2 is 1.95 bits per heavy atom. The second-order valence-electron chi connectivity index (χ2n) is 4.47. The van der Waals surface area contributed by atoms with Gasteiger partial charge in [0.2, 0.25) is 5.95 Å². The third-order valence-electron chi connectivity index (χ3n) is 3.14. The Balaban J connectivity index is 2.41. The predicted octanol–water partition coefficient (Wildman–Crippen LogP) is 3.96. The Kier molecular flexibility index (Phi) is 2.97. The zero-order valence-corrected chi connectivity index (χ0v) is 12.1. The summed E-state index contributed by atoms with van der Waals surface area (Å²) in [5.41, 5.74) is 7.77. The Morgan fingerprint density at radius 3 is 2.65 bits per heavy atom. The van der Waals surface area contributed by atoms with Gasteiger partial charge in [0.1, 0.15) is 5.52 Å². The van der Waals surface area contributed by atoms with E-state index >= 15 is 0 Å². The van der Waals surface area contributed by atoms with Crippen LogP contribution in [0.25, 0.3) is 16.7 Å². The van der Waals surface area contributed by atoms with E-state index in [-0.39, 0.29) is 11.5 Å². The van der Waals surface area contributed by atoms with Crippen molar-refractivity contribution < 1.29 is 8.78 Å². The normalized spacial score (nSPS) is 11.2. The van der Waals surface area contributed by atoms with Crippen LogP contribution >= 0.6 is 15.9 Å². The standard InChI is InChI=1S/C14H10BrF2N3/c1-7-6-8(15)2-5-11(7)20-13-10(19-14(20)18)4-3-9(16)12(13)17/h2-6H,1H3,(H2,18,19). The summed E-state index contributed by atoms with van der Waals surface area (Å²) >= 11 is 3.36. The minimum absolute atomic E-state index is 0.0490. The summed E-state index contributed by atoms with van der Waals surface area (Å²) in [4.78, 5) is 4.08. The largest absolute Gasteiger partial charge is 0.369 e. The second kappa shape index (κ2) is 4.56. The predicted molar refractivity (Wildman–Crippen MR) is 77.8 cm³/mol. The van der Waals surface area contributed by atoms with E-state index in [2.05, 4.69) is 20.9 Å². The summed E-state index contributed by atoms with van der Waals surface area (Å²) in [5.74, 6) is -1.75. The van der Waals surface area contributed by atoms with Crippen LogP contribution < -0.4 is 5.73 Å². The highest BCUT2D eigenvalue weighted by Gasteiger charge is 2.18. The summed E-state index contributed by atoms with van der Waals surface area (Å²) in [6.07, 6.45) is 0. The van der Waals surface area contributed by atoms with Crippen molar-refractivity contribution in [1.82, 2.24) is 9.55 Å². The van der Waals surface area contributed by atoms with E-state index in [1.807, 2.05) is 19.1 Å². The lowest BCUT2D eigenvalue weighted by atomic mass is 10.2. The zero-order valence-electron chi connectivity index (χ0n) is 10.5. The first-order chi connectivity index (χ1) is 9.49. The molecule has 0 atom stereocenters. The van der Waals surface area contributed by atoms with Gasteiger partial charge in [-0.15, -0.1) is 0 Å². The van der Waals surface area contributed by atoms with Crippen molar-refractivity contribution >= 4 is 32.9 Å². The van der Waals surface area contributed by atoms with Crippen molar-refractivity contribution in [3.05, 3.63) is 52.0 Å². The number of hydrogen-bond acceptors (Lipinski definition) is 2. The van der Waals surface area contributed by atoms with Crippen LogP contribution in [0.4, 0.5) is 14.7 Å².